The van der Waals surface area contributed by atoms with Crippen molar-refractivity contribution in [3.63, 3.8) is 0 Å². The number of nitrogens with one attached hydrogen (secondary N) is 3. The van der Waals surface area contributed by atoms with Crippen LogP contribution in [-0.2, 0) is 10.3 Å². The van der Waals surface area contributed by atoms with Gasteiger partial charge in [-0.05, 0) is 73.0 Å². The Labute approximate surface area is 265 Å². The third-order valence-electron chi connectivity index (χ3n) is 7.24. The molecule has 0 spiro atoms. The number of nitrogens with zero attached hydrogens (tertiary/aromatic N) is 3. The Hall–Kier alpha value is -5.00. The predicted octanol–water partition coefficient (Wildman–Crippen LogP) is 6.86. The highest BCUT2D eigenvalue weighted by Gasteiger charge is 2.28. The number of hydrogen-bond donors (Lipinski definition) is 4. The molecule has 1 unspecified atom stereocenters. The largest absolute Gasteiger partial charge is 0.453 e. The summed E-state index contributed by atoms with van der Waals surface area (Å²) in [6.45, 7) is 5.66. The van der Waals surface area contributed by atoms with Crippen molar-refractivity contribution >= 4 is 52.0 Å². The molecule has 5 aromatic rings. The number of pyridine rings is 1. The molecule has 0 aliphatic heterocycles. The van der Waals surface area contributed by atoms with E-state index in [1.54, 1.807) is 31.2 Å². The van der Waals surface area contributed by atoms with Crippen LogP contribution in [0.3, 0.4) is 0 Å². The molecule has 0 bridgehead atoms. The predicted molar refractivity (Wildman–Crippen MR) is 176 cm³/mol. The molecule has 230 valence electrons. The standard InChI is InChI=1S/C34H34N6O4S/c1-21(2)27-16-15-26-30(38-27)35-20-36-31(26)39-28-18-22(32(42)40-34(3,19-41)23-8-6-5-7-9-23)10-17-29(28)45-25-13-11-24(12-14-25)37-33(43)44-4/h5-18,20-21,41H,19H2,1-4H3,(H,37,43)(H,40,42)(H,35,36,38,39). The molecular weight excluding hydrogens is 588 g/mol. The SMILES string of the molecule is COC(=O)Nc1ccc(Sc2ccc(C(=O)NC(C)(CO)c3ccccc3)cc2Nc2ncnc3nc(C(C)C)ccc23)cc1. The van der Waals surface area contributed by atoms with Crippen molar-refractivity contribution in [1.29, 1.82) is 0 Å². The van der Waals surface area contributed by atoms with Crippen LogP contribution in [0.1, 0.15) is 48.3 Å². The zero-order chi connectivity index (χ0) is 32.0. The number of methoxy groups -OCH3 is 1. The van der Waals surface area contributed by atoms with Gasteiger partial charge in [0, 0.05) is 26.7 Å². The van der Waals surface area contributed by atoms with Gasteiger partial charge in [0.15, 0.2) is 5.65 Å². The fourth-order valence-corrected chi connectivity index (χ4v) is 5.48. The van der Waals surface area contributed by atoms with E-state index in [1.807, 2.05) is 60.7 Å². The van der Waals surface area contributed by atoms with E-state index in [1.165, 1.54) is 25.2 Å². The molecule has 3 aromatic carbocycles. The lowest BCUT2D eigenvalue weighted by Gasteiger charge is -2.29. The Balaban J connectivity index is 1.50. The number of aliphatic hydroxyl groups excluding tert-OH is 1. The molecule has 2 aromatic heterocycles. The minimum absolute atomic E-state index is 0.244. The molecule has 0 aliphatic rings. The molecule has 2 heterocycles. The van der Waals surface area contributed by atoms with Gasteiger partial charge < -0.3 is 20.5 Å². The highest BCUT2D eigenvalue weighted by Crippen LogP contribution is 2.37. The number of benzene rings is 3. The molecule has 2 amide bonds. The lowest BCUT2D eigenvalue weighted by Crippen LogP contribution is -2.46. The number of amides is 2. The van der Waals surface area contributed by atoms with E-state index < -0.39 is 11.6 Å². The van der Waals surface area contributed by atoms with Gasteiger partial charge in [-0.1, -0.05) is 55.9 Å². The molecule has 0 saturated heterocycles. The maximum atomic E-state index is 13.6. The zero-order valence-electron chi connectivity index (χ0n) is 25.4. The van der Waals surface area contributed by atoms with Crippen LogP contribution in [0, 0.1) is 0 Å². The fourth-order valence-electron chi connectivity index (χ4n) is 4.60. The van der Waals surface area contributed by atoms with Crippen LogP contribution in [0.25, 0.3) is 11.0 Å². The number of ether oxygens (including phenoxy) is 1. The second-order valence-electron chi connectivity index (χ2n) is 10.9. The number of aliphatic hydroxyl groups is 1. The lowest BCUT2D eigenvalue weighted by molar-refractivity contribution is 0.0849. The molecule has 11 heteroatoms. The number of carbonyl (C=O) groups excluding carboxylic acids is 2. The molecule has 45 heavy (non-hydrogen) atoms. The number of fused-ring (bicyclic) bond motifs is 1. The first-order valence-electron chi connectivity index (χ1n) is 14.3. The number of carbonyl (C=O) groups is 2. The molecular formula is C34H34N6O4S. The van der Waals surface area contributed by atoms with Crippen molar-refractivity contribution in [2.75, 3.05) is 24.4 Å². The summed E-state index contributed by atoms with van der Waals surface area (Å²) in [4.78, 5) is 40.5. The Morgan fingerprint density at radius 2 is 1.73 bits per heavy atom. The van der Waals surface area contributed by atoms with Crippen LogP contribution in [0.4, 0.5) is 22.0 Å². The van der Waals surface area contributed by atoms with Crippen LogP contribution in [-0.4, -0.2) is 45.8 Å². The minimum atomic E-state index is -0.984. The van der Waals surface area contributed by atoms with Crippen molar-refractivity contribution in [3.05, 3.63) is 108 Å². The lowest BCUT2D eigenvalue weighted by atomic mass is 9.92. The number of hydrogen-bond acceptors (Lipinski definition) is 9. The minimum Gasteiger partial charge on any atom is -0.453 e. The Morgan fingerprint density at radius 3 is 2.42 bits per heavy atom. The van der Waals surface area contributed by atoms with Gasteiger partial charge in [-0.2, -0.15) is 0 Å². The van der Waals surface area contributed by atoms with Gasteiger partial charge >= 0.3 is 6.09 Å². The summed E-state index contributed by atoms with van der Waals surface area (Å²) in [6, 6.07) is 26.0. The third-order valence-corrected chi connectivity index (χ3v) is 8.32. The van der Waals surface area contributed by atoms with Crippen LogP contribution in [0.5, 0.6) is 0 Å². The molecule has 0 aliphatic carbocycles. The van der Waals surface area contributed by atoms with Gasteiger partial charge in [0.1, 0.15) is 12.1 Å². The molecule has 0 saturated carbocycles. The second-order valence-corrected chi connectivity index (χ2v) is 12.0. The molecule has 4 N–H and O–H groups in total. The molecule has 10 nitrogen and oxygen atoms in total. The normalized spacial score (nSPS) is 12.4. The van der Waals surface area contributed by atoms with Crippen LogP contribution in [0.2, 0.25) is 0 Å². The Kier molecular flexibility index (Phi) is 9.60. The summed E-state index contributed by atoms with van der Waals surface area (Å²) in [5.41, 5.74) is 2.94. The summed E-state index contributed by atoms with van der Waals surface area (Å²) < 4.78 is 4.67. The topological polar surface area (TPSA) is 138 Å². The van der Waals surface area contributed by atoms with E-state index in [0.29, 0.717) is 28.4 Å². The number of anilines is 3. The second kappa shape index (κ2) is 13.7. The Morgan fingerprint density at radius 1 is 0.978 bits per heavy atom. The van der Waals surface area contributed by atoms with Crippen LogP contribution in [0.15, 0.2) is 101 Å². The molecule has 0 fully saturated rings. The van der Waals surface area contributed by atoms with Gasteiger partial charge in [0.25, 0.3) is 5.91 Å². The number of aromatic nitrogens is 3. The van der Waals surface area contributed by atoms with Gasteiger partial charge in [0.05, 0.1) is 30.3 Å². The summed E-state index contributed by atoms with van der Waals surface area (Å²) in [7, 11) is 1.31. The van der Waals surface area contributed by atoms with Gasteiger partial charge in [-0.3, -0.25) is 10.1 Å². The zero-order valence-corrected chi connectivity index (χ0v) is 26.2. The highest BCUT2D eigenvalue weighted by molar-refractivity contribution is 7.99. The summed E-state index contributed by atoms with van der Waals surface area (Å²) in [6.07, 6.45) is 0.914. The van der Waals surface area contributed by atoms with Crippen LogP contribution >= 0.6 is 11.8 Å². The monoisotopic (exact) mass is 622 g/mol. The maximum absolute atomic E-state index is 13.6. The smallest absolute Gasteiger partial charge is 0.411 e. The van der Waals surface area contributed by atoms with Gasteiger partial charge in [-0.25, -0.2) is 19.7 Å². The van der Waals surface area contributed by atoms with Gasteiger partial charge in [-0.15, -0.1) is 0 Å². The highest BCUT2D eigenvalue weighted by atomic mass is 32.2. The van der Waals surface area contributed by atoms with E-state index in [4.69, 9.17) is 4.98 Å². The van der Waals surface area contributed by atoms with E-state index in [-0.39, 0.29) is 18.4 Å². The first-order valence-corrected chi connectivity index (χ1v) is 15.2. The summed E-state index contributed by atoms with van der Waals surface area (Å²) in [5, 5.41) is 20.1. The van der Waals surface area contributed by atoms with Crippen LogP contribution < -0.4 is 16.0 Å². The average molecular weight is 623 g/mol. The quantitative estimate of drug-likeness (QED) is 0.132. The first kappa shape index (κ1) is 31.4. The van der Waals surface area contributed by atoms with Crippen molar-refractivity contribution in [2.45, 2.75) is 42.0 Å². The summed E-state index contributed by atoms with van der Waals surface area (Å²) in [5.74, 6) is 0.446. The van der Waals surface area contributed by atoms with Crippen molar-refractivity contribution < 1.29 is 19.4 Å². The third kappa shape index (κ3) is 7.39. The van der Waals surface area contributed by atoms with E-state index >= 15 is 0 Å². The van der Waals surface area contributed by atoms with Gasteiger partial charge in [0.2, 0.25) is 0 Å². The van der Waals surface area contributed by atoms with Crippen molar-refractivity contribution in [3.8, 4) is 0 Å². The van der Waals surface area contributed by atoms with Crippen molar-refractivity contribution in [2.24, 2.45) is 0 Å². The Bertz CT molecular complexity index is 1820. The van der Waals surface area contributed by atoms with E-state index in [9.17, 15) is 14.7 Å². The average Bonchev–Trinajstić information content (AvgIpc) is 3.06. The fraction of sp³-hybridized carbons (Fsp3) is 0.206. The molecule has 1 atom stereocenters. The summed E-state index contributed by atoms with van der Waals surface area (Å²) >= 11 is 1.48. The first-order chi connectivity index (χ1) is 21.7. The number of rotatable bonds is 10. The maximum Gasteiger partial charge on any atom is 0.411 e. The van der Waals surface area contributed by atoms with Crippen molar-refractivity contribution in [1.82, 2.24) is 20.3 Å². The van der Waals surface area contributed by atoms with E-state index in [0.717, 1.165) is 26.4 Å². The molecule has 5 rings (SSSR count). The van der Waals surface area contributed by atoms with E-state index in [2.05, 4.69) is 44.5 Å². The molecule has 0 radical (unpaired) electrons.